The van der Waals surface area contributed by atoms with Gasteiger partial charge in [0.25, 0.3) is 5.01 Å². The van der Waals surface area contributed by atoms with Gasteiger partial charge < -0.3 is 28.9 Å². The predicted octanol–water partition coefficient (Wildman–Crippen LogP) is 6.02. The minimum Gasteiger partial charge on any atom is -1.00 e. The Morgan fingerprint density at radius 1 is 0.816 bits per heavy atom. The number of aryl methyl sites for hydroxylation is 1. The van der Waals surface area contributed by atoms with E-state index in [1.807, 2.05) is 23.1 Å². The molecule has 0 saturated heterocycles. The van der Waals surface area contributed by atoms with Crippen LogP contribution in [-0.2, 0) is 6.54 Å². The molecule has 1 aromatic heterocycles. The average Bonchev–Trinajstić information content (AvgIpc) is 3.49. The van der Waals surface area contributed by atoms with Gasteiger partial charge in [-0.3, -0.25) is 0 Å². The average molecular weight is 645 g/mol. The number of fused-ring (bicyclic) bond motifs is 4. The highest BCUT2D eigenvalue weighted by Gasteiger charge is 2.24. The van der Waals surface area contributed by atoms with Crippen LogP contribution < -0.4 is 33.4 Å². The third-order valence-electron chi connectivity index (χ3n) is 6.75. The first-order valence-electron chi connectivity index (χ1n) is 12.8. The van der Waals surface area contributed by atoms with Gasteiger partial charge in [-0.15, -0.1) is 0 Å². The molecular formula is C33H29IN2S2. The van der Waals surface area contributed by atoms with Crippen LogP contribution >= 0.6 is 23.1 Å². The molecule has 0 unspecified atom stereocenters. The molecule has 4 aromatic carbocycles. The Hall–Kier alpha value is -2.87. The van der Waals surface area contributed by atoms with E-state index in [9.17, 15) is 0 Å². The summed E-state index contributed by atoms with van der Waals surface area (Å²) in [4.78, 5) is 3.72. The first kappa shape index (κ1) is 26.7. The summed E-state index contributed by atoms with van der Waals surface area (Å²) in [5.41, 5.74) is 5.08. The normalized spacial score (nSPS) is 14.3. The van der Waals surface area contributed by atoms with Crippen LogP contribution in [0.15, 0.2) is 107 Å². The van der Waals surface area contributed by atoms with Crippen LogP contribution in [0.4, 0.5) is 5.69 Å². The van der Waals surface area contributed by atoms with Gasteiger partial charge in [0, 0.05) is 17.5 Å². The molecule has 0 radical (unpaired) electrons. The molecule has 2 heterocycles. The monoisotopic (exact) mass is 644 g/mol. The number of hydrogen-bond acceptors (Lipinski definition) is 3. The Balaban J connectivity index is 0.00000294. The first-order chi connectivity index (χ1) is 18.2. The zero-order chi connectivity index (χ0) is 25.2. The lowest BCUT2D eigenvalue weighted by molar-refractivity contribution is -0.664. The molecule has 0 amide bonds. The van der Waals surface area contributed by atoms with Crippen molar-refractivity contribution in [3.05, 3.63) is 118 Å². The number of aromatic nitrogens is 1. The molecule has 0 fully saturated rings. The fourth-order valence-corrected chi connectivity index (χ4v) is 7.30. The van der Waals surface area contributed by atoms with Gasteiger partial charge in [0.1, 0.15) is 11.2 Å². The van der Waals surface area contributed by atoms with Crippen LogP contribution in [0, 0.1) is 0 Å². The molecule has 5 aromatic rings. The molecule has 0 spiro atoms. The second-order valence-corrected chi connectivity index (χ2v) is 11.1. The standard InChI is InChI=1S/C33H29N2S2.HI/c1-3-34-28-21-19-25(18-17-24-11-6-5-7-12-24)23-30(28)37-31(34)15-10-16-32-35(4-2)33-27-14-9-8-13-26(27)20-22-29(33)36-32;/h5-23H,3-4H2,1-2H3;1H/q+1;/p-1/b18-17+;. The van der Waals surface area contributed by atoms with E-state index in [2.05, 4.69) is 139 Å². The van der Waals surface area contributed by atoms with Crippen LogP contribution in [0.3, 0.4) is 0 Å². The third-order valence-corrected chi connectivity index (χ3v) is 8.97. The number of halogens is 1. The molecule has 1 aliphatic rings. The number of thioether (sulfide) groups is 1. The van der Waals surface area contributed by atoms with Gasteiger partial charge in [-0.1, -0.05) is 102 Å². The van der Waals surface area contributed by atoms with Crippen LogP contribution in [0.2, 0.25) is 0 Å². The van der Waals surface area contributed by atoms with Gasteiger partial charge >= 0.3 is 0 Å². The summed E-state index contributed by atoms with van der Waals surface area (Å²) in [7, 11) is 0. The van der Waals surface area contributed by atoms with E-state index in [1.54, 1.807) is 0 Å². The Morgan fingerprint density at radius 3 is 2.42 bits per heavy atom. The van der Waals surface area contributed by atoms with Crippen LogP contribution in [0.5, 0.6) is 0 Å². The Morgan fingerprint density at radius 2 is 1.61 bits per heavy atom. The second kappa shape index (κ2) is 11.9. The van der Waals surface area contributed by atoms with Crippen molar-refractivity contribution in [1.29, 1.82) is 0 Å². The lowest BCUT2D eigenvalue weighted by atomic mass is 10.1. The molecule has 38 heavy (non-hydrogen) atoms. The van der Waals surface area contributed by atoms with E-state index < -0.39 is 0 Å². The number of rotatable bonds is 6. The smallest absolute Gasteiger partial charge is 0.262 e. The lowest BCUT2D eigenvalue weighted by Gasteiger charge is -2.17. The van der Waals surface area contributed by atoms with Crippen molar-refractivity contribution in [3.63, 3.8) is 0 Å². The third kappa shape index (κ3) is 5.20. The highest BCUT2D eigenvalue weighted by atomic mass is 127. The lowest BCUT2D eigenvalue weighted by Crippen LogP contribution is -3.00. The number of anilines is 1. The van der Waals surface area contributed by atoms with Gasteiger partial charge in [0.05, 0.1) is 16.1 Å². The van der Waals surface area contributed by atoms with Crippen molar-refractivity contribution in [1.82, 2.24) is 0 Å². The van der Waals surface area contributed by atoms with Crippen molar-refractivity contribution in [3.8, 4) is 0 Å². The first-order valence-corrected chi connectivity index (χ1v) is 14.4. The molecule has 0 bridgehead atoms. The molecule has 0 saturated carbocycles. The minimum atomic E-state index is 0. The fraction of sp³-hybridized carbons (Fsp3) is 0.121. The van der Waals surface area contributed by atoms with Crippen molar-refractivity contribution in [2.45, 2.75) is 25.3 Å². The van der Waals surface area contributed by atoms with Crippen molar-refractivity contribution in [2.24, 2.45) is 0 Å². The summed E-state index contributed by atoms with van der Waals surface area (Å²) in [6.07, 6.45) is 11.1. The Bertz CT molecular complexity index is 1680. The number of thiazole rings is 1. The van der Waals surface area contributed by atoms with Crippen LogP contribution in [0.1, 0.15) is 30.0 Å². The SMILES string of the molecule is CCN1/C(=C/C=C\c2sc3ccc4ccccc4c3[n+]2CC)Sc2cc(/C=C/c3ccccc3)ccc21.[I-]. The van der Waals surface area contributed by atoms with Crippen LogP contribution in [0.25, 0.3) is 39.2 Å². The van der Waals surface area contributed by atoms with Crippen molar-refractivity contribution < 1.29 is 28.5 Å². The number of benzene rings is 4. The van der Waals surface area contributed by atoms with Crippen molar-refractivity contribution in [2.75, 3.05) is 11.4 Å². The summed E-state index contributed by atoms with van der Waals surface area (Å²) >= 11 is 3.72. The van der Waals surface area contributed by atoms with Gasteiger partial charge in [0.15, 0.2) is 0 Å². The molecule has 0 aliphatic carbocycles. The van der Waals surface area contributed by atoms with E-state index in [0.29, 0.717) is 0 Å². The summed E-state index contributed by atoms with van der Waals surface area (Å²) < 4.78 is 3.78. The summed E-state index contributed by atoms with van der Waals surface area (Å²) in [5.74, 6) is 0. The minimum absolute atomic E-state index is 0. The molecule has 190 valence electrons. The van der Waals surface area contributed by atoms with E-state index >= 15 is 0 Å². The Kier molecular flexibility index (Phi) is 8.36. The summed E-state index contributed by atoms with van der Waals surface area (Å²) in [6, 6.07) is 30.4. The summed E-state index contributed by atoms with van der Waals surface area (Å²) in [5, 5.41) is 5.17. The highest BCUT2D eigenvalue weighted by Crippen LogP contribution is 2.46. The topological polar surface area (TPSA) is 7.12 Å². The summed E-state index contributed by atoms with van der Waals surface area (Å²) in [6.45, 7) is 6.35. The van der Waals surface area contributed by atoms with E-state index in [-0.39, 0.29) is 24.0 Å². The van der Waals surface area contributed by atoms with E-state index in [1.165, 1.54) is 52.7 Å². The van der Waals surface area contributed by atoms with Crippen molar-refractivity contribution >= 4 is 68.0 Å². The maximum atomic E-state index is 2.44. The largest absolute Gasteiger partial charge is 1.00 e. The predicted molar refractivity (Wildman–Crippen MR) is 163 cm³/mol. The fourth-order valence-electron chi connectivity index (χ4n) is 4.96. The van der Waals surface area contributed by atoms with Gasteiger partial charge in [0.2, 0.25) is 5.52 Å². The number of nitrogens with zero attached hydrogens (tertiary/aromatic N) is 2. The van der Waals surface area contributed by atoms with Gasteiger partial charge in [-0.25, -0.2) is 0 Å². The second-order valence-electron chi connectivity index (χ2n) is 9.00. The van der Waals surface area contributed by atoms with Gasteiger partial charge in [-0.05, 0) is 60.7 Å². The quantitative estimate of drug-likeness (QED) is 0.127. The maximum Gasteiger partial charge on any atom is 0.262 e. The molecule has 5 heteroatoms. The van der Waals surface area contributed by atoms with E-state index in [4.69, 9.17) is 0 Å². The number of hydrogen-bond donors (Lipinski definition) is 0. The maximum absolute atomic E-state index is 2.44. The molecule has 2 nitrogen and oxygen atoms in total. The van der Waals surface area contributed by atoms with Crippen LogP contribution in [-0.4, -0.2) is 6.54 Å². The molecule has 1 aliphatic heterocycles. The molecule has 0 N–H and O–H groups in total. The van der Waals surface area contributed by atoms with E-state index in [0.717, 1.165) is 13.1 Å². The zero-order valence-corrected chi connectivity index (χ0v) is 25.3. The Labute approximate surface area is 250 Å². The zero-order valence-electron chi connectivity index (χ0n) is 21.5. The molecule has 0 atom stereocenters. The molecular weight excluding hydrogens is 615 g/mol. The highest BCUT2D eigenvalue weighted by molar-refractivity contribution is 8.03. The number of allylic oxidation sites excluding steroid dienone is 2. The molecule has 6 rings (SSSR count). The van der Waals surface area contributed by atoms with Gasteiger partial charge in [-0.2, -0.15) is 4.57 Å².